The maximum absolute atomic E-state index is 13.3. The van der Waals surface area contributed by atoms with Crippen molar-refractivity contribution in [3.8, 4) is 0 Å². The number of halogens is 1. The molecule has 0 saturated carbocycles. The van der Waals surface area contributed by atoms with E-state index < -0.39 is 5.82 Å². The average molecular weight is 313 g/mol. The van der Waals surface area contributed by atoms with Gasteiger partial charge in [-0.05, 0) is 32.1 Å². The standard InChI is InChI=1S/C15H24FN3OS/c1-5-15(6-2,21-4)10-19-14(20)12-8-11(16)9-18-13(12)17-7-3/h8-9H,5-7,10H2,1-4H3,(H,17,18)(H,19,20). The Morgan fingerprint density at radius 2 is 2.05 bits per heavy atom. The highest BCUT2D eigenvalue weighted by Crippen LogP contribution is 2.29. The van der Waals surface area contributed by atoms with Crippen LogP contribution in [0.4, 0.5) is 10.2 Å². The number of hydrogen-bond acceptors (Lipinski definition) is 4. The van der Waals surface area contributed by atoms with Crippen molar-refractivity contribution < 1.29 is 9.18 Å². The quantitative estimate of drug-likeness (QED) is 0.773. The van der Waals surface area contributed by atoms with E-state index in [0.29, 0.717) is 18.9 Å². The van der Waals surface area contributed by atoms with Gasteiger partial charge in [0.25, 0.3) is 5.91 Å². The summed E-state index contributed by atoms with van der Waals surface area (Å²) in [5.41, 5.74) is 0.249. The van der Waals surface area contributed by atoms with Gasteiger partial charge in [-0.15, -0.1) is 0 Å². The molecule has 1 aromatic heterocycles. The molecule has 6 heteroatoms. The molecule has 0 spiro atoms. The Hall–Kier alpha value is -1.30. The van der Waals surface area contributed by atoms with Crippen molar-refractivity contribution in [3.05, 3.63) is 23.6 Å². The Kier molecular flexibility index (Phi) is 6.95. The van der Waals surface area contributed by atoms with Crippen LogP contribution < -0.4 is 10.6 Å². The first-order valence-electron chi connectivity index (χ1n) is 7.24. The number of nitrogens with zero attached hydrogens (tertiary/aromatic N) is 1. The monoisotopic (exact) mass is 313 g/mol. The number of hydrogen-bond donors (Lipinski definition) is 2. The van der Waals surface area contributed by atoms with E-state index in [1.54, 1.807) is 11.8 Å². The highest BCUT2D eigenvalue weighted by Gasteiger charge is 2.26. The van der Waals surface area contributed by atoms with Crippen LogP contribution in [0, 0.1) is 5.82 Å². The zero-order chi connectivity index (χ0) is 15.9. The second-order valence-corrected chi connectivity index (χ2v) is 6.13. The normalized spacial score (nSPS) is 11.3. The van der Waals surface area contributed by atoms with Crippen molar-refractivity contribution in [2.45, 2.75) is 38.4 Å². The minimum absolute atomic E-state index is 0.0226. The Morgan fingerprint density at radius 1 is 1.38 bits per heavy atom. The molecule has 0 aliphatic heterocycles. The number of nitrogens with one attached hydrogen (secondary N) is 2. The highest BCUT2D eigenvalue weighted by atomic mass is 32.2. The van der Waals surface area contributed by atoms with Crippen LogP contribution in [0.1, 0.15) is 44.0 Å². The lowest BCUT2D eigenvalue weighted by Crippen LogP contribution is -2.39. The van der Waals surface area contributed by atoms with Crippen LogP contribution in [-0.4, -0.2) is 35.0 Å². The summed E-state index contributed by atoms with van der Waals surface area (Å²) in [6, 6.07) is 1.22. The van der Waals surface area contributed by atoms with Gasteiger partial charge in [0, 0.05) is 17.8 Å². The Morgan fingerprint density at radius 3 is 2.57 bits per heavy atom. The summed E-state index contributed by atoms with van der Waals surface area (Å²) in [6.45, 7) is 7.30. The van der Waals surface area contributed by atoms with Gasteiger partial charge < -0.3 is 10.6 Å². The molecule has 0 fully saturated rings. The molecule has 118 valence electrons. The van der Waals surface area contributed by atoms with E-state index in [-0.39, 0.29) is 16.2 Å². The molecule has 1 heterocycles. The van der Waals surface area contributed by atoms with Crippen LogP contribution >= 0.6 is 11.8 Å². The zero-order valence-corrected chi connectivity index (χ0v) is 13.9. The minimum Gasteiger partial charge on any atom is -0.370 e. The Labute approximate surface area is 130 Å². The summed E-state index contributed by atoms with van der Waals surface area (Å²) >= 11 is 1.75. The van der Waals surface area contributed by atoms with Gasteiger partial charge in [0.1, 0.15) is 11.6 Å². The van der Waals surface area contributed by atoms with Crippen molar-refractivity contribution in [1.29, 1.82) is 0 Å². The maximum Gasteiger partial charge on any atom is 0.255 e. The number of amides is 1. The molecule has 1 rings (SSSR count). The van der Waals surface area contributed by atoms with Gasteiger partial charge in [-0.25, -0.2) is 9.37 Å². The second kappa shape index (κ2) is 8.22. The molecule has 0 saturated heterocycles. The van der Waals surface area contributed by atoms with Gasteiger partial charge in [0.05, 0.1) is 11.8 Å². The van der Waals surface area contributed by atoms with E-state index in [0.717, 1.165) is 19.0 Å². The van der Waals surface area contributed by atoms with Crippen LogP contribution in [0.5, 0.6) is 0 Å². The molecule has 21 heavy (non-hydrogen) atoms. The molecule has 1 amide bonds. The van der Waals surface area contributed by atoms with Gasteiger partial charge in [-0.2, -0.15) is 11.8 Å². The molecule has 4 nitrogen and oxygen atoms in total. The third kappa shape index (κ3) is 4.59. The maximum atomic E-state index is 13.3. The first kappa shape index (κ1) is 17.8. The smallest absolute Gasteiger partial charge is 0.255 e. The van der Waals surface area contributed by atoms with Gasteiger partial charge in [0.2, 0.25) is 0 Å². The number of carbonyl (C=O) groups excluding carboxylic acids is 1. The SMILES string of the molecule is CCNc1ncc(F)cc1C(=O)NCC(CC)(CC)SC. The predicted molar refractivity (Wildman–Crippen MR) is 87.5 cm³/mol. The van der Waals surface area contributed by atoms with Gasteiger partial charge >= 0.3 is 0 Å². The molecule has 0 atom stereocenters. The molecular weight excluding hydrogens is 289 g/mol. The molecule has 0 aliphatic rings. The second-order valence-electron chi connectivity index (χ2n) is 4.86. The molecule has 2 N–H and O–H groups in total. The zero-order valence-electron chi connectivity index (χ0n) is 13.1. The van der Waals surface area contributed by atoms with Gasteiger partial charge in [-0.3, -0.25) is 4.79 Å². The largest absolute Gasteiger partial charge is 0.370 e. The summed E-state index contributed by atoms with van der Waals surface area (Å²) in [6.07, 6.45) is 5.09. The van der Waals surface area contributed by atoms with Crippen LogP contribution in [0.15, 0.2) is 12.3 Å². The molecule has 0 aromatic carbocycles. The van der Waals surface area contributed by atoms with E-state index in [1.165, 1.54) is 6.07 Å². The van der Waals surface area contributed by atoms with Crippen molar-refractivity contribution in [2.24, 2.45) is 0 Å². The summed E-state index contributed by atoms with van der Waals surface area (Å²) in [5, 5.41) is 5.89. The van der Waals surface area contributed by atoms with Crippen LogP contribution in [0.25, 0.3) is 0 Å². The molecule has 0 aliphatic carbocycles. The fourth-order valence-corrected chi connectivity index (χ4v) is 2.91. The molecule has 0 unspecified atom stereocenters. The topological polar surface area (TPSA) is 54.0 Å². The molecule has 0 radical (unpaired) electrons. The molecule has 1 aromatic rings. The predicted octanol–water partition coefficient (Wildman–Crippen LogP) is 3.30. The highest BCUT2D eigenvalue weighted by molar-refractivity contribution is 8.00. The van der Waals surface area contributed by atoms with E-state index in [1.807, 2.05) is 13.2 Å². The third-order valence-corrected chi connectivity index (χ3v) is 5.32. The van der Waals surface area contributed by atoms with E-state index in [9.17, 15) is 9.18 Å². The van der Waals surface area contributed by atoms with Crippen LogP contribution in [-0.2, 0) is 0 Å². The lowest BCUT2D eigenvalue weighted by molar-refractivity contribution is 0.0949. The molecule has 0 bridgehead atoms. The van der Waals surface area contributed by atoms with Crippen molar-refractivity contribution >= 4 is 23.5 Å². The van der Waals surface area contributed by atoms with Crippen molar-refractivity contribution in [3.63, 3.8) is 0 Å². The summed E-state index contributed by atoms with van der Waals surface area (Å²) in [4.78, 5) is 16.3. The average Bonchev–Trinajstić information content (AvgIpc) is 2.51. The first-order valence-corrected chi connectivity index (χ1v) is 8.47. The number of pyridine rings is 1. The summed E-state index contributed by atoms with van der Waals surface area (Å²) < 4.78 is 13.4. The first-order chi connectivity index (χ1) is 10.0. The number of anilines is 1. The summed E-state index contributed by atoms with van der Waals surface area (Å²) in [7, 11) is 0. The number of carbonyl (C=O) groups is 1. The lowest BCUT2D eigenvalue weighted by atomic mass is 10.0. The van der Waals surface area contributed by atoms with Gasteiger partial charge in [-0.1, -0.05) is 13.8 Å². The third-order valence-electron chi connectivity index (χ3n) is 3.74. The minimum atomic E-state index is -0.510. The number of aromatic nitrogens is 1. The van der Waals surface area contributed by atoms with Gasteiger partial charge in [0.15, 0.2) is 0 Å². The number of thioether (sulfide) groups is 1. The van der Waals surface area contributed by atoms with E-state index in [2.05, 4.69) is 29.5 Å². The van der Waals surface area contributed by atoms with Crippen LogP contribution in [0.2, 0.25) is 0 Å². The number of rotatable bonds is 8. The van der Waals surface area contributed by atoms with Crippen LogP contribution in [0.3, 0.4) is 0 Å². The fraction of sp³-hybridized carbons (Fsp3) is 0.600. The van der Waals surface area contributed by atoms with E-state index >= 15 is 0 Å². The lowest BCUT2D eigenvalue weighted by Gasteiger charge is -2.29. The summed E-state index contributed by atoms with van der Waals surface area (Å²) in [5.74, 6) is -0.388. The fourth-order valence-electron chi connectivity index (χ4n) is 2.12. The Bertz CT molecular complexity index is 470. The van der Waals surface area contributed by atoms with E-state index in [4.69, 9.17) is 0 Å². The molecular formula is C15H24FN3OS. The Balaban J connectivity index is 2.86. The van der Waals surface area contributed by atoms with Crippen molar-refractivity contribution in [2.75, 3.05) is 24.7 Å². The van der Waals surface area contributed by atoms with Crippen molar-refractivity contribution in [1.82, 2.24) is 10.3 Å².